The summed E-state index contributed by atoms with van der Waals surface area (Å²) in [5, 5.41) is 0. The van der Waals surface area contributed by atoms with Crippen molar-refractivity contribution < 1.29 is 9.59 Å². The van der Waals surface area contributed by atoms with Crippen LogP contribution in [0.3, 0.4) is 0 Å². The number of likely N-dealkylation sites (tertiary alicyclic amines) is 1. The minimum atomic E-state index is 0.0958. The Morgan fingerprint density at radius 3 is 2.39 bits per heavy atom. The van der Waals surface area contributed by atoms with Crippen molar-refractivity contribution in [3.05, 3.63) is 59.7 Å². The number of carbonyl (C=O) groups is 2. The van der Waals surface area contributed by atoms with Crippen molar-refractivity contribution in [1.82, 2.24) is 9.80 Å². The fourth-order valence-electron chi connectivity index (χ4n) is 3.91. The second kappa shape index (κ2) is 9.16. The average Bonchev–Trinajstić information content (AvgIpc) is 3.15. The van der Waals surface area contributed by atoms with E-state index in [9.17, 15) is 9.59 Å². The Morgan fingerprint density at radius 2 is 1.79 bits per heavy atom. The van der Waals surface area contributed by atoms with E-state index < -0.39 is 0 Å². The van der Waals surface area contributed by atoms with Crippen molar-refractivity contribution in [3.8, 4) is 11.1 Å². The van der Waals surface area contributed by atoms with Gasteiger partial charge in [-0.15, -0.1) is 0 Å². The fourth-order valence-corrected chi connectivity index (χ4v) is 3.91. The first-order valence-corrected chi connectivity index (χ1v) is 10.2. The van der Waals surface area contributed by atoms with Gasteiger partial charge in [-0.05, 0) is 62.2 Å². The van der Waals surface area contributed by atoms with Gasteiger partial charge < -0.3 is 9.80 Å². The van der Waals surface area contributed by atoms with E-state index in [4.69, 9.17) is 0 Å². The normalized spacial score (nSPS) is 16.9. The number of rotatable bonds is 7. The Hall–Kier alpha value is -2.46. The summed E-state index contributed by atoms with van der Waals surface area (Å²) in [6, 6.07) is 15.4. The maximum atomic E-state index is 12.9. The van der Waals surface area contributed by atoms with Gasteiger partial charge >= 0.3 is 0 Å². The molecule has 1 aliphatic heterocycles. The lowest BCUT2D eigenvalue weighted by Gasteiger charge is -2.24. The zero-order chi connectivity index (χ0) is 20.1. The third kappa shape index (κ3) is 4.68. The van der Waals surface area contributed by atoms with Crippen LogP contribution in [0.2, 0.25) is 0 Å². The summed E-state index contributed by atoms with van der Waals surface area (Å²) in [7, 11) is 2.14. The molecule has 1 atom stereocenters. The van der Waals surface area contributed by atoms with Crippen molar-refractivity contribution in [2.24, 2.45) is 5.92 Å². The molecule has 0 N–H and O–H groups in total. The quantitative estimate of drug-likeness (QED) is 0.672. The highest BCUT2D eigenvalue weighted by atomic mass is 16.2. The molecule has 1 saturated heterocycles. The molecule has 28 heavy (non-hydrogen) atoms. The number of hydrogen-bond acceptors (Lipinski definition) is 3. The summed E-state index contributed by atoms with van der Waals surface area (Å²) in [6.45, 7) is 7.64. The van der Waals surface area contributed by atoms with Gasteiger partial charge in [-0.2, -0.15) is 0 Å². The molecular weight excluding hydrogens is 348 g/mol. The zero-order valence-corrected chi connectivity index (χ0v) is 17.1. The first-order valence-electron chi connectivity index (χ1n) is 10.2. The minimum Gasteiger partial charge on any atom is -0.339 e. The number of nitrogens with zero attached hydrogens (tertiary/aromatic N) is 2. The van der Waals surface area contributed by atoms with Crippen molar-refractivity contribution >= 4 is 11.7 Å². The SMILES string of the molecule is CCC(=O)c1cccc(-c2ccc(C(=O)N(CC)C[C@@H]3CCN(C)C3)cc2)c1. The number of Topliss-reactive ketones (excluding diaryl/α,β-unsaturated/α-hetero) is 1. The molecule has 0 bridgehead atoms. The van der Waals surface area contributed by atoms with E-state index in [1.165, 1.54) is 0 Å². The molecule has 0 saturated carbocycles. The van der Waals surface area contributed by atoms with E-state index in [0.717, 1.165) is 54.9 Å². The number of carbonyl (C=O) groups excluding carboxylic acids is 2. The van der Waals surface area contributed by atoms with E-state index in [1.54, 1.807) is 0 Å². The Morgan fingerprint density at radius 1 is 1.04 bits per heavy atom. The smallest absolute Gasteiger partial charge is 0.253 e. The molecule has 0 aromatic heterocycles. The van der Waals surface area contributed by atoms with E-state index in [0.29, 0.717) is 12.3 Å². The number of ketones is 1. The van der Waals surface area contributed by atoms with Crippen LogP contribution in [-0.2, 0) is 0 Å². The van der Waals surface area contributed by atoms with Gasteiger partial charge in [-0.3, -0.25) is 9.59 Å². The first-order chi connectivity index (χ1) is 13.5. The topological polar surface area (TPSA) is 40.6 Å². The molecule has 0 unspecified atom stereocenters. The molecule has 1 aliphatic rings. The van der Waals surface area contributed by atoms with Gasteiger partial charge in [0.15, 0.2) is 5.78 Å². The van der Waals surface area contributed by atoms with Crippen LogP contribution in [0.1, 0.15) is 47.4 Å². The average molecular weight is 379 g/mol. The van der Waals surface area contributed by atoms with Gasteiger partial charge in [0.05, 0.1) is 0 Å². The maximum Gasteiger partial charge on any atom is 0.253 e. The molecule has 2 aromatic rings. The number of amides is 1. The first kappa shape index (κ1) is 20.3. The highest BCUT2D eigenvalue weighted by molar-refractivity contribution is 5.97. The van der Waals surface area contributed by atoms with Crippen LogP contribution >= 0.6 is 0 Å². The molecule has 2 aromatic carbocycles. The Bertz CT molecular complexity index is 829. The van der Waals surface area contributed by atoms with Crippen molar-refractivity contribution in [1.29, 1.82) is 0 Å². The van der Waals surface area contributed by atoms with Crippen LogP contribution in [0, 0.1) is 5.92 Å². The van der Waals surface area contributed by atoms with Crippen LogP contribution < -0.4 is 0 Å². The van der Waals surface area contributed by atoms with Crippen molar-refractivity contribution in [2.45, 2.75) is 26.7 Å². The largest absolute Gasteiger partial charge is 0.339 e. The van der Waals surface area contributed by atoms with Crippen LogP contribution in [-0.4, -0.2) is 54.7 Å². The summed E-state index contributed by atoms with van der Waals surface area (Å²) < 4.78 is 0. The van der Waals surface area contributed by atoms with Gasteiger partial charge in [0.1, 0.15) is 0 Å². The third-order valence-corrected chi connectivity index (χ3v) is 5.61. The molecule has 1 heterocycles. The highest BCUT2D eigenvalue weighted by Gasteiger charge is 2.24. The lowest BCUT2D eigenvalue weighted by molar-refractivity contribution is 0.0739. The number of hydrogen-bond donors (Lipinski definition) is 0. The van der Waals surface area contributed by atoms with E-state index >= 15 is 0 Å². The van der Waals surface area contributed by atoms with Crippen molar-refractivity contribution in [3.63, 3.8) is 0 Å². The summed E-state index contributed by atoms with van der Waals surface area (Å²) in [5.41, 5.74) is 3.47. The number of benzene rings is 2. The van der Waals surface area contributed by atoms with Gasteiger partial charge in [0.2, 0.25) is 0 Å². The van der Waals surface area contributed by atoms with Gasteiger partial charge in [-0.25, -0.2) is 0 Å². The van der Waals surface area contributed by atoms with Gasteiger partial charge in [0, 0.05) is 37.2 Å². The second-order valence-corrected chi connectivity index (χ2v) is 7.70. The minimum absolute atomic E-state index is 0.0958. The molecule has 0 spiro atoms. The molecule has 4 nitrogen and oxygen atoms in total. The van der Waals surface area contributed by atoms with E-state index in [1.807, 2.05) is 67.3 Å². The third-order valence-electron chi connectivity index (χ3n) is 5.61. The molecular formula is C24H30N2O2. The summed E-state index contributed by atoms with van der Waals surface area (Å²) >= 11 is 0. The highest BCUT2D eigenvalue weighted by Crippen LogP contribution is 2.23. The molecule has 148 valence electrons. The maximum absolute atomic E-state index is 12.9. The van der Waals surface area contributed by atoms with Crippen LogP contribution in [0.15, 0.2) is 48.5 Å². The molecule has 0 aliphatic carbocycles. The predicted octanol–water partition coefficient (Wildman–Crippen LogP) is 4.36. The second-order valence-electron chi connectivity index (χ2n) is 7.70. The monoisotopic (exact) mass is 378 g/mol. The molecule has 0 radical (unpaired) electrons. The molecule has 3 rings (SSSR count). The lowest BCUT2D eigenvalue weighted by Crippen LogP contribution is -2.36. The van der Waals surface area contributed by atoms with Gasteiger partial charge in [0.25, 0.3) is 5.91 Å². The summed E-state index contributed by atoms with van der Waals surface area (Å²) in [5.74, 6) is 0.801. The molecule has 4 heteroatoms. The molecule has 1 amide bonds. The van der Waals surface area contributed by atoms with Gasteiger partial charge in [-0.1, -0.05) is 37.3 Å². The summed E-state index contributed by atoms with van der Waals surface area (Å²) in [6.07, 6.45) is 1.66. The fraction of sp³-hybridized carbons (Fsp3) is 0.417. The Labute approximate surface area is 168 Å². The zero-order valence-electron chi connectivity index (χ0n) is 17.1. The van der Waals surface area contributed by atoms with Crippen molar-refractivity contribution in [2.75, 3.05) is 33.2 Å². The van der Waals surface area contributed by atoms with E-state index in [-0.39, 0.29) is 11.7 Å². The Balaban J connectivity index is 1.72. The summed E-state index contributed by atoms with van der Waals surface area (Å²) in [4.78, 5) is 29.2. The van der Waals surface area contributed by atoms with Crippen LogP contribution in [0.5, 0.6) is 0 Å². The Kier molecular flexibility index (Phi) is 6.63. The predicted molar refractivity (Wildman–Crippen MR) is 114 cm³/mol. The van der Waals surface area contributed by atoms with E-state index in [2.05, 4.69) is 11.9 Å². The standard InChI is InChI=1S/C24H30N2O2/c1-4-23(27)22-8-6-7-21(15-22)19-9-11-20(12-10-19)24(28)26(5-2)17-18-13-14-25(3)16-18/h6-12,15,18H,4-5,13-14,16-17H2,1-3H3/t18-/m1/s1. The van der Waals surface area contributed by atoms with Crippen LogP contribution in [0.25, 0.3) is 11.1 Å². The van der Waals surface area contributed by atoms with Crippen LogP contribution in [0.4, 0.5) is 0 Å². The lowest BCUT2D eigenvalue weighted by atomic mass is 9.99. The molecule has 1 fully saturated rings.